The Kier molecular flexibility index (Phi) is 4.51. The first-order valence-corrected chi connectivity index (χ1v) is 8.92. The number of hydrogen-bond acceptors (Lipinski definition) is 4. The van der Waals surface area contributed by atoms with Crippen molar-refractivity contribution in [2.24, 2.45) is 11.8 Å². The summed E-state index contributed by atoms with van der Waals surface area (Å²) < 4.78 is 26.8. The zero-order valence-electron chi connectivity index (χ0n) is 11.6. The van der Waals surface area contributed by atoms with E-state index in [2.05, 4.69) is 0 Å². The van der Waals surface area contributed by atoms with E-state index in [4.69, 9.17) is 5.11 Å². The number of carbonyl (C=O) groups is 1. The van der Waals surface area contributed by atoms with Crippen molar-refractivity contribution < 1.29 is 18.3 Å². The number of aliphatic carboxylic acids is 1. The van der Waals surface area contributed by atoms with Gasteiger partial charge in [-0.2, -0.15) is 4.31 Å². The summed E-state index contributed by atoms with van der Waals surface area (Å²) in [6.45, 7) is 4.34. The fourth-order valence-corrected chi connectivity index (χ4v) is 5.55. The largest absolute Gasteiger partial charge is 0.481 e. The molecule has 1 saturated heterocycles. The Labute approximate surface area is 123 Å². The molecule has 1 aromatic rings. The summed E-state index contributed by atoms with van der Waals surface area (Å²) in [6.07, 6.45) is 1.33. The molecule has 2 rings (SSSR count). The Morgan fingerprint density at radius 2 is 2.15 bits per heavy atom. The van der Waals surface area contributed by atoms with Gasteiger partial charge in [0.05, 0.1) is 5.92 Å². The number of carboxylic acids is 1. The summed E-state index contributed by atoms with van der Waals surface area (Å²) in [5, 5.41) is 9.13. The molecule has 1 aromatic heterocycles. The van der Waals surface area contributed by atoms with Crippen molar-refractivity contribution in [2.75, 3.05) is 13.1 Å². The summed E-state index contributed by atoms with van der Waals surface area (Å²) in [4.78, 5) is 12.2. The molecule has 0 amide bonds. The molecular weight excluding hydrogens is 298 g/mol. The van der Waals surface area contributed by atoms with E-state index in [-0.39, 0.29) is 12.5 Å². The Morgan fingerprint density at radius 1 is 1.45 bits per heavy atom. The molecule has 0 bridgehead atoms. The van der Waals surface area contributed by atoms with Gasteiger partial charge < -0.3 is 5.11 Å². The highest BCUT2D eigenvalue weighted by atomic mass is 32.2. The van der Waals surface area contributed by atoms with Crippen molar-refractivity contribution in [3.63, 3.8) is 0 Å². The van der Waals surface area contributed by atoms with Crippen molar-refractivity contribution in [1.82, 2.24) is 4.31 Å². The smallest absolute Gasteiger partial charge is 0.307 e. The minimum atomic E-state index is -3.56. The molecule has 1 aliphatic rings. The maximum atomic E-state index is 12.6. The van der Waals surface area contributed by atoms with Gasteiger partial charge in [0.25, 0.3) is 10.0 Å². The Balaban J connectivity index is 2.26. The maximum Gasteiger partial charge on any atom is 0.307 e. The molecule has 0 radical (unpaired) electrons. The monoisotopic (exact) mass is 317 g/mol. The van der Waals surface area contributed by atoms with Crippen LogP contribution in [0.4, 0.5) is 0 Å². The number of sulfonamides is 1. The van der Waals surface area contributed by atoms with Crippen LogP contribution in [0.3, 0.4) is 0 Å². The third-order valence-corrected chi connectivity index (χ3v) is 7.08. The Bertz CT molecular complexity index is 593. The minimum absolute atomic E-state index is 0.0604. The number of piperidine rings is 1. The molecule has 1 N–H and O–H groups in total. The van der Waals surface area contributed by atoms with E-state index in [0.29, 0.717) is 17.2 Å². The van der Waals surface area contributed by atoms with Crippen LogP contribution >= 0.6 is 11.3 Å². The highest BCUT2D eigenvalue weighted by Crippen LogP contribution is 2.30. The van der Waals surface area contributed by atoms with Gasteiger partial charge >= 0.3 is 5.97 Å². The molecule has 112 valence electrons. The van der Waals surface area contributed by atoms with E-state index < -0.39 is 21.9 Å². The summed E-state index contributed by atoms with van der Waals surface area (Å²) in [5.74, 6) is -1.47. The van der Waals surface area contributed by atoms with Crippen molar-refractivity contribution >= 4 is 27.3 Å². The van der Waals surface area contributed by atoms with Crippen molar-refractivity contribution in [2.45, 2.75) is 30.9 Å². The standard InChI is InChI=1S/C13H19NO4S2/c1-3-11-4-5-12(19-11)20(17,18)14-7-9(2)6-10(8-14)13(15)16/h4-5,9-10H,3,6-8H2,1-2H3,(H,15,16). The van der Waals surface area contributed by atoms with Crippen LogP contribution in [-0.4, -0.2) is 36.9 Å². The number of hydrogen-bond donors (Lipinski definition) is 1. The average Bonchev–Trinajstić information content (AvgIpc) is 2.87. The van der Waals surface area contributed by atoms with Crippen LogP contribution in [0.15, 0.2) is 16.3 Å². The highest BCUT2D eigenvalue weighted by molar-refractivity contribution is 7.91. The molecule has 2 unspecified atom stereocenters. The lowest BCUT2D eigenvalue weighted by Crippen LogP contribution is -2.45. The third kappa shape index (κ3) is 3.05. The molecule has 1 fully saturated rings. The second kappa shape index (κ2) is 5.83. The van der Waals surface area contributed by atoms with Crippen LogP contribution in [0.2, 0.25) is 0 Å². The molecule has 7 heteroatoms. The summed E-state index contributed by atoms with van der Waals surface area (Å²) in [7, 11) is -3.56. The van der Waals surface area contributed by atoms with Crippen molar-refractivity contribution in [1.29, 1.82) is 0 Å². The molecule has 2 heterocycles. The number of rotatable bonds is 4. The first-order chi connectivity index (χ1) is 9.34. The van der Waals surface area contributed by atoms with Gasteiger partial charge in [-0.25, -0.2) is 8.42 Å². The van der Waals surface area contributed by atoms with Gasteiger partial charge in [0.15, 0.2) is 0 Å². The van der Waals surface area contributed by atoms with E-state index in [1.165, 1.54) is 15.6 Å². The summed E-state index contributed by atoms with van der Waals surface area (Å²) in [5.41, 5.74) is 0. The quantitative estimate of drug-likeness (QED) is 0.922. The number of nitrogens with zero attached hydrogens (tertiary/aromatic N) is 1. The minimum Gasteiger partial charge on any atom is -0.481 e. The van der Waals surface area contributed by atoms with E-state index >= 15 is 0 Å². The first-order valence-electron chi connectivity index (χ1n) is 6.66. The van der Waals surface area contributed by atoms with Crippen LogP contribution in [0, 0.1) is 11.8 Å². The Morgan fingerprint density at radius 3 is 2.70 bits per heavy atom. The number of aryl methyl sites for hydroxylation is 1. The predicted molar refractivity (Wildman–Crippen MR) is 77.4 cm³/mol. The SMILES string of the molecule is CCc1ccc(S(=O)(=O)N2CC(C)CC(C(=O)O)C2)s1. The van der Waals surface area contributed by atoms with Gasteiger partial charge in [0.1, 0.15) is 4.21 Å². The predicted octanol–water partition coefficient (Wildman–Crippen LogP) is 2.04. The van der Waals surface area contributed by atoms with E-state index in [9.17, 15) is 13.2 Å². The molecular formula is C13H19NO4S2. The molecule has 5 nitrogen and oxygen atoms in total. The van der Waals surface area contributed by atoms with E-state index in [0.717, 1.165) is 11.3 Å². The van der Waals surface area contributed by atoms with Gasteiger partial charge in [-0.1, -0.05) is 13.8 Å². The first kappa shape index (κ1) is 15.5. The van der Waals surface area contributed by atoms with Crippen LogP contribution < -0.4 is 0 Å². The third-order valence-electron chi connectivity index (χ3n) is 3.56. The summed E-state index contributed by atoms with van der Waals surface area (Å²) in [6, 6.07) is 3.44. The van der Waals surface area contributed by atoms with Crippen LogP contribution in [0.5, 0.6) is 0 Å². The van der Waals surface area contributed by atoms with Crippen LogP contribution in [0.1, 0.15) is 25.1 Å². The van der Waals surface area contributed by atoms with Crippen molar-refractivity contribution in [3.8, 4) is 0 Å². The molecule has 0 aliphatic carbocycles. The topological polar surface area (TPSA) is 74.7 Å². The number of carboxylic acid groups (broad SMARTS) is 1. The van der Waals surface area contributed by atoms with E-state index in [1.807, 2.05) is 19.9 Å². The lowest BCUT2D eigenvalue weighted by atomic mass is 9.92. The maximum absolute atomic E-state index is 12.6. The molecule has 20 heavy (non-hydrogen) atoms. The zero-order valence-corrected chi connectivity index (χ0v) is 13.2. The van der Waals surface area contributed by atoms with Crippen LogP contribution in [-0.2, 0) is 21.2 Å². The van der Waals surface area contributed by atoms with Gasteiger partial charge in [-0.15, -0.1) is 11.3 Å². The lowest BCUT2D eigenvalue weighted by molar-refractivity contribution is -0.143. The van der Waals surface area contributed by atoms with Crippen LogP contribution in [0.25, 0.3) is 0 Å². The van der Waals surface area contributed by atoms with Gasteiger partial charge in [0, 0.05) is 18.0 Å². The van der Waals surface area contributed by atoms with Gasteiger partial charge in [0.2, 0.25) is 0 Å². The van der Waals surface area contributed by atoms with Gasteiger partial charge in [-0.3, -0.25) is 4.79 Å². The lowest BCUT2D eigenvalue weighted by Gasteiger charge is -2.33. The highest BCUT2D eigenvalue weighted by Gasteiger charge is 2.36. The average molecular weight is 317 g/mol. The molecule has 0 spiro atoms. The van der Waals surface area contributed by atoms with Gasteiger partial charge in [-0.05, 0) is 30.9 Å². The molecule has 2 atom stereocenters. The van der Waals surface area contributed by atoms with E-state index in [1.54, 1.807) is 6.07 Å². The Hall–Kier alpha value is -0.920. The number of thiophene rings is 1. The molecule has 0 aromatic carbocycles. The second-order valence-corrected chi connectivity index (χ2v) is 8.61. The molecule has 0 saturated carbocycles. The molecule has 1 aliphatic heterocycles. The summed E-state index contributed by atoms with van der Waals surface area (Å²) >= 11 is 1.27. The fraction of sp³-hybridized carbons (Fsp3) is 0.615. The normalized spacial score (nSPS) is 24.7. The van der Waals surface area contributed by atoms with Crippen molar-refractivity contribution in [3.05, 3.63) is 17.0 Å². The second-order valence-electron chi connectivity index (χ2n) is 5.27. The zero-order chi connectivity index (χ0) is 14.9. The fourth-order valence-electron chi connectivity index (χ4n) is 2.49.